The standard InChI is InChI=1S/C33H29FN4O2/c1-20-17-36-30-14-10-24(25-15-28(19-35-18-25)38-32(39)23-5-6-23)16-29(30)31(20)33(40)37-27-4-2-3-21(9-13-27)22-7-11-26(34)12-8-22/h3-4,7-16,18-19,23,36H,2,5-6,17H2,1H3,(H,37,40)(H,38,39). The molecule has 2 heterocycles. The van der Waals surface area contributed by atoms with E-state index in [1.165, 1.54) is 12.1 Å². The van der Waals surface area contributed by atoms with Gasteiger partial charge in [0.2, 0.25) is 5.91 Å². The van der Waals surface area contributed by atoms with Crippen LogP contribution in [0.3, 0.4) is 0 Å². The number of carbonyl (C=O) groups is 2. The fraction of sp³-hybridized carbons (Fsp3) is 0.182. The largest absolute Gasteiger partial charge is 0.381 e. The zero-order chi connectivity index (χ0) is 27.6. The second kappa shape index (κ2) is 10.8. The van der Waals surface area contributed by atoms with Gasteiger partial charge in [-0.05, 0) is 84.9 Å². The molecule has 2 amide bonds. The van der Waals surface area contributed by atoms with Crippen LogP contribution in [0.15, 0.2) is 96.5 Å². The summed E-state index contributed by atoms with van der Waals surface area (Å²) in [6.07, 6.45) is 13.7. The van der Waals surface area contributed by atoms with Crippen LogP contribution in [0.2, 0.25) is 0 Å². The van der Waals surface area contributed by atoms with Crippen LogP contribution in [0.25, 0.3) is 22.3 Å². The molecule has 1 aromatic heterocycles. The maximum atomic E-state index is 13.6. The molecule has 1 aliphatic heterocycles. The van der Waals surface area contributed by atoms with Crippen molar-refractivity contribution in [3.05, 3.63) is 113 Å². The molecule has 1 fully saturated rings. The molecule has 0 unspecified atom stereocenters. The third kappa shape index (κ3) is 5.50. The SMILES string of the molecule is CC1=C(C(=O)NC2=CCC=C(c3ccc(F)cc3)C=C2)c2cc(-c3cncc(NC(=O)C4CC4)c3)ccc2NC1. The highest BCUT2D eigenvalue weighted by atomic mass is 19.1. The normalized spacial score (nSPS) is 16.2. The predicted octanol–water partition coefficient (Wildman–Crippen LogP) is 6.48. The topological polar surface area (TPSA) is 83.1 Å². The average molecular weight is 533 g/mol. The second-order valence-electron chi connectivity index (χ2n) is 10.3. The first-order chi connectivity index (χ1) is 19.4. The van der Waals surface area contributed by atoms with Crippen LogP contribution in [0, 0.1) is 11.7 Å². The van der Waals surface area contributed by atoms with Gasteiger partial charge in [0.25, 0.3) is 5.91 Å². The van der Waals surface area contributed by atoms with Gasteiger partial charge in [-0.15, -0.1) is 0 Å². The summed E-state index contributed by atoms with van der Waals surface area (Å²) in [5, 5.41) is 9.44. The van der Waals surface area contributed by atoms with Crippen LogP contribution in [0.4, 0.5) is 15.8 Å². The lowest BCUT2D eigenvalue weighted by Gasteiger charge is -2.24. The molecule has 3 aliphatic rings. The number of fused-ring (bicyclic) bond motifs is 1. The number of allylic oxidation sites excluding steroid dienone is 5. The van der Waals surface area contributed by atoms with Gasteiger partial charge in [-0.1, -0.05) is 36.4 Å². The van der Waals surface area contributed by atoms with Crippen molar-refractivity contribution in [2.45, 2.75) is 26.2 Å². The summed E-state index contributed by atoms with van der Waals surface area (Å²) >= 11 is 0. The highest BCUT2D eigenvalue weighted by Crippen LogP contribution is 2.36. The van der Waals surface area contributed by atoms with Crippen molar-refractivity contribution in [1.29, 1.82) is 0 Å². The number of rotatable bonds is 6. The summed E-state index contributed by atoms with van der Waals surface area (Å²) in [5.74, 6) is -0.308. The number of halogens is 1. The summed E-state index contributed by atoms with van der Waals surface area (Å²) in [6.45, 7) is 2.53. The molecule has 2 aliphatic carbocycles. The van der Waals surface area contributed by atoms with Crippen LogP contribution in [-0.2, 0) is 9.59 Å². The smallest absolute Gasteiger partial charge is 0.256 e. The molecule has 0 saturated heterocycles. The molecule has 2 aromatic carbocycles. The summed E-state index contributed by atoms with van der Waals surface area (Å²) in [6, 6.07) is 14.3. The molecule has 7 heteroatoms. The Kier molecular flexibility index (Phi) is 6.86. The zero-order valence-corrected chi connectivity index (χ0v) is 22.1. The minimum Gasteiger partial charge on any atom is -0.381 e. The first kappa shape index (κ1) is 25.5. The Hall–Kier alpha value is -4.78. The first-order valence-electron chi connectivity index (χ1n) is 13.4. The van der Waals surface area contributed by atoms with E-state index in [0.29, 0.717) is 29.9 Å². The fourth-order valence-electron chi connectivity index (χ4n) is 4.97. The maximum absolute atomic E-state index is 13.6. The van der Waals surface area contributed by atoms with Gasteiger partial charge in [-0.25, -0.2) is 4.39 Å². The molecule has 6 nitrogen and oxygen atoms in total. The van der Waals surface area contributed by atoms with E-state index in [1.54, 1.807) is 24.5 Å². The van der Waals surface area contributed by atoms with Crippen molar-refractivity contribution in [2.75, 3.05) is 17.2 Å². The lowest BCUT2D eigenvalue weighted by Crippen LogP contribution is -2.27. The second-order valence-corrected chi connectivity index (χ2v) is 10.3. The van der Waals surface area contributed by atoms with Gasteiger partial charge in [0, 0.05) is 46.7 Å². The lowest BCUT2D eigenvalue weighted by atomic mass is 9.91. The Bertz CT molecular complexity index is 1630. The van der Waals surface area contributed by atoms with Gasteiger partial charge in [0.05, 0.1) is 11.9 Å². The number of hydrogen-bond donors (Lipinski definition) is 3. The Morgan fingerprint density at radius 2 is 1.73 bits per heavy atom. The average Bonchev–Trinajstić information content (AvgIpc) is 3.82. The molecule has 0 radical (unpaired) electrons. The van der Waals surface area contributed by atoms with Gasteiger partial charge in [-0.3, -0.25) is 14.6 Å². The molecule has 6 rings (SSSR count). The van der Waals surface area contributed by atoms with Crippen molar-refractivity contribution in [3.8, 4) is 11.1 Å². The van der Waals surface area contributed by atoms with Gasteiger partial charge >= 0.3 is 0 Å². The zero-order valence-electron chi connectivity index (χ0n) is 22.1. The van der Waals surface area contributed by atoms with Gasteiger partial charge in [0.1, 0.15) is 5.82 Å². The molecular formula is C33H29FN4O2. The predicted molar refractivity (Wildman–Crippen MR) is 156 cm³/mol. The van der Waals surface area contributed by atoms with E-state index in [4.69, 9.17) is 0 Å². The highest BCUT2D eigenvalue weighted by Gasteiger charge is 2.29. The summed E-state index contributed by atoms with van der Waals surface area (Å²) in [4.78, 5) is 30.2. The van der Waals surface area contributed by atoms with Crippen molar-refractivity contribution in [1.82, 2.24) is 10.3 Å². The molecular weight excluding hydrogens is 503 g/mol. The number of carbonyl (C=O) groups excluding carboxylic acids is 2. The van der Waals surface area contributed by atoms with Gasteiger partial charge < -0.3 is 16.0 Å². The van der Waals surface area contributed by atoms with E-state index >= 15 is 0 Å². The number of benzene rings is 2. The summed E-state index contributed by atoms with van der Waals surface area (Å²) in [7, 11) is 0. The van der Waals surface area contributed by atoms with Gasteiger partial charge in [0.15, 0.2) is 0 Å². The fourth-order valence-corrected chi connectivity index (χ4v) is 4.97. The van der Waals surface area contributed by atoms with E-state index in [2.05, 4.69) is 27.0 Å². The van der Waals surface area contributed by atoms with E-state index in [9.17, 15) is 14.0 Å². The molecule has 1 saturated carbocycles. The first-order valence-corrected chi connectivity index (χ1v) is 13.4. The van der Waals surface area contributed by atoms with Crippen LogP contribution >= 0.6 is 0 Å². The van der Waals surface area contributed by atoms with E-state index in [0.717, 1.165) is 51.9 Å². The number of aromatic nitrogens is 1. The number of anilines is 2. The molecule has 3 aromatic rings. The highest BCUT2D eigenvalue weighted by molar-refractivity contribution is 6.23. The molecule has 0 bridgehead atoms. The Labute approximate surface area is 232 Å². The lowest BCUT2D eigenvalue weighted by molar-refractivity contribution is -0.117. The molecule has 200 valence electrons. The number of nitrogens with one attached hydrogen (secondary N) is 3. The van der Waals surface area contributed by atoms with Crippen molar-refractivity contribution in [2.24, 2.45) is 5.92 Å². The number of amides is 2. The van der Waals surface area contributed by atoms with E-state index in [-0.39, 0.29) is 23.5 Å². The van der Waals surface area contributed by atoms with Crippen LogP contribution in [0.5, 0.6) is 0 Å². The van der Waals surface area contributed by atoms with Crippen molar-refractivity contribution >= 4 is 34.3 Å². The third-order valence-electron chi connectivity index (χ3n) is 7.33. The Morgan fingerprint density at radius 1 is 0.925 bits per heavy atom. The number of hydrogen-bond acceptors (Lipinski definition) is 4. The quantitative estimate of drug-likeness (QED) is 0.339. The van der Waals surface area contributed by atoms with E-state index < -0.39 is 0 Å². The molecule has 0 spiro atoms. The summed E-state index contributed by atoms with van der Waals surface area (Å²) in [5.41, 5.74) is 8.28. The minimum absolute atomic E-state index is 0.0351. The monoisotopic (exact) mass is 532 g/mol. The number of pyridine rings is 1. The minimum atomic E-state index is -0.272. The molecule has 0 atom stereocenters. The van der Waals surface area contributed by atoms with Crippen LogP contribution in [-0.4, -0.2) is 23.3 Å². The number of nitrogens with zero attached hydrogens (tertiary/aromatic N) is 1. The van der Waals surface area contributed by atoms with Crippen LogP contribution in [0.1, 0.15) is 37.3 Å². The third-order valence-corrected chi connectivity index (χ3v) is 7.33. The van der Waals surface area contributed by atoms with Crippen LogP contribution < -0.4 is 16.0 Å². The van der Waals surface area contributed by atoms with Crippen molar-refractivity contribution in [3.63, 3.8) is 0 Å². The van der Waals surface area contributed by atoms with E-state index in [1.807, 2.05) is 49.4 Å². The molecule has 40 heavy (non-hydrogen) atoms. The molecule has 3 N–H and O–H groups in total. The maximum Gasteiger partial charge on any atom is 0.256 e. The Morgan fingerprint density at radius 3 is 2.52 bits per heavy atom. The Balaban J connectivity index is 1.22. The summed E-state index contributed by atoms with van der Waals surface area (Å²) < 4.78 is 13.3. The van der Waals surface area contributed by atoms with Crippen molar-refractivity contribution < 1.29 is 14.0 Å². The van der Waals surface area contributed by atoms with Gasteiger partial charge in [-0.2, -0.15) is 0 Å².